The van der Waals surface area contributed by atoms with Crippen molar-refractivity contribution in [1.82, 2.24) is 5.32 Å². The first kappa shape index (κ1) is 87.6. The van der Waals surface area contributed by atoms with E-state index in [2.05, 4.69) is 31.3 Å². The number of carbonyl (C=O) groups excluding carboxylic acids is 2. The van der Waals surface area contributed by atoms with E-state index >= 15 is 0 Å². The maximum absolute atomic E-state index is 12.6. The van der Waals surface area contributed by atoms with E-state index in [-0.39, 0.29) is 18.5 Å². The van der Waals surface area contributed by atoms with Gasteiger partial charge in [-0.2, -0.15) is 0 Å². The van der Waals surface area contributed by atoms with Crippen LogP contribution in [-0.4, -0.2) is 47.4 Å². The van der Waals surface area contributed by atoms with Gasteiger partial charge in [0.25, 0.3) is 0 Å². The molecule has 0 heterocycles. The Kier molecular flexibility index (Phi) is 77.8. The molecule has 6 nitrogen and oxygen atoms in total. The molecule has 0 saturated heterocycles. The SMILES string of the molecule is CCCCCCCC/C=C\CCCCCCCCCC(=O)OCCCCCCCCCCCCCCCCCCCCCCCCCCCCCCCCCCCCCC(=O)NC(CO)C(O)CCCCCCCCCCCCCCCCCCCCCC. The first-order valence-electron chi connectivity index (χ1n) is 41.4. The molecule has 0 radical (unpaired) electrons. The van der Waals surface area contributed by atoms with Crippen LogP contribution in [0.2, 0.25) is 0 Å². The van der Waals surface area contributed by atoms with Gasteiger partial charge in [0, 0.05) is 12.8 Å². The average Bonchev–Trinajstić information content (AvgIpc) is 3.57. The van der Waals surface area contributed by atoms with Crippen molar-refractivity contribution in [1.29, 1.82) is 0 Å². The quantitative estimate of drug-likeness (QED) is 0.0320. The largest absolute Gasteiger partial charge is 0.466 e. The first-order chi connectivity index (χ1) is 44.0. The summed E-state index contributed by atoms with van der Waals surface area (Å²) in [6.45, 7) is 5.01. The Morgan fingerprint density at radius 2 is 0.528 bits per heavy atom. The molecule has 0 aliphatic heterocycles. The molecule has 0 aromatic heterocycles. The molecule has 0 aromatic rings. The number of hydrogen-bond acceptors (Lipinski definition) is 5. The zero-order chi connectivity index (χ0) is 64.2. The molecule has 0 spiro atoms. The predicted octanol–water partition coefficient (Wildman–Crippen LogP) is 27.4. The van der Waals surface area contributed by atoms with Crippen molar-refractivity contribution in [2.45, 2.75) is 495 Å². The van der Waals surface area contributed by atoms with Gasteiger partial charge < -0.3 is 20.3 Å². The zero-order valence-electron chi connectivity index (χ0n) is 61.0. The molecule has 0 saturated carbocycles. The maximum Gasteiger partial charge on any atom is 0.305 e. The smallest absolute Gasteiger partial charge is 0.305 e. The van der Waals surface area contributed by atoms with Crippen LogP contribution in [0.25, 0.3) is 0 Å². The van der Waals surface area contributed by atoms with Crippen molar-refractivity contribution in [3.8, 4) is 0 Å². The number of unbranched alkanes of at least 4 members (excludes halogenated alkanes) is 66. The van der Waals surface area contributed by atoms with Crippen molar-refractivity contribution in [3.63, 3.8) is 0 Å². The third-order valence-corrected chi connectivity index (χ3v) is 19.8. The summed E-state index contributed by atoms with van der Waals surface area (Å²) in [6, 6.07) is -0.538. The fraction of sp³-hybridized carbons (Fsp3) is 0.952. The molecule has 6 heteroatoms. The van der Waals surface area contributed by atoms with Crippen molar-refractivity contribution in [2.24, 2.45) is 0 Å². The predicted molar refractivity (Wildman–Crippen MR) is 394 cm³/mol. The molecule has 0 aliphatic carbocycles. The van der Waals surface area contributed by atoms with E-state index in [9.17, 15) is 19.8 Å². The summed E-state index contributed by atoms with van der Waals surface area (Å²) < 4.78 is 5.51. The summed E-state index contributed by atoms with van der Waals surface area (Å²) in [4.78, 5) is 24.7. The van der Waals surface area contributed by atoms with Crippen molar-refractivity contribution in [2.75, 3.05) is 13.2 Å². The molecule has 530 valence electrons. The van der Waals surface area contributed by atoms with Crippen LogP contribution in [0.4, 0.5) is 0 Å². The highest BCUT2D eigenvalue weighted by molar-refractivity contribution is 5.76. The van der Waals surface area contributed by atoms with Gasteiger partial charge in [0.15, 0.2) is 0 Å². The molecule has 2 atom stereocenters. The molecule has 0 fully saturated rings. The van der Waals surface area contributed by atoms with Crippen molar-refractivity contribution < 1.29 is 24.5 Å². The Labute approximate surface area is 559 Å². The minimum absolute atomic E-state index is 0.0206. The van der Waals surface area contributed by atoms with Crippen LogP contribution in [0.15, 0.2) is 12.2 Å². The van der Waals surface area contributed by atoms with Gasteiger partial charge in [-0.3, -0.25) is 9.59 Å². The van der Waals surface area contributed by atoms with Crippen LogP contribution in [0, 0.1) is 0 Å². The van der Waals surface area contributed by atoms with E-state index in [0.717, 1.165) is 38.5 Å². The Balaban J connectivity index is 3.30. The van der Waals surface area contributed by atoms with E-state index in [1.165, 1.54) is 411 Å². The summed E-state index contributed by atoms with van der Waals surface area (Å²) in [5.41, 5.74) is 0. The molecule has 0 aliphatic rings. The summed E-state index contributed by atoms with van der Waals surface area (Å²) in [6.07, 6.45) is 100. The minimum atomic E-state index is -0.661. The van der Waals surface area contributed by atoms with Gasteiger partial charge in [0.2, 0.25) is 5.91 Å². The monoisotopic (exact) mass is 1250 g/mol. The lowest BCUT2D eigenvalue weighted by molar-refractivity contribution is -0.143. The number of ether oxygens (including phenoxy) is 1. The van der Waals surface area contributed by atoms with Gasteiger partial charge in [-0.05, 0) is 51.4 Å². The molecule has 0 aromatic carbocycles. The van der Waals surface area contributed by atoms with Gasteiger partial charge in [-0.15, -0.1) is 0 Å². The Hall–Kier alpha value is -1.40. The van der Waals surface area contributed by atoms with E-state index in [0.29, 0.717) is 25.9 Å². The Morgan fingerprint density at radius 3 is 0.798 bits per heavy atom. The van der Waals surface area contributed by atoms with Gasteiger partial charge in [-0.25, -0.2) is 0 Å². The Bertz CT molecular complexity index is 1350. The van der Waals surface area contributed by atoms with E-state index in [1.807, 2.05) is 0 Å². The Morgan fingerprint density at radius 1 is 0.303 bits per heavy atom. The van der Waals surface area contributed by atoms with Gasteiger partial charge in [0.1, 0.15) is 0 Å². The lowest BCUT2D eigenvalue weighted by Gasteiger charge is -2.22. The highest BCUT2D eigenvalue weighted by Gasteiger charge is 2.20. The number of allylic oxidation sites excluding steroid dienone is 2. The van der Waals surface area contributed by atoms with Gasteiger partial charge in [0.05, 0.1) is 25.4 Å². The molecule has 1 amide bonds. The molecular formula is C83H163NO5. The van der Waals surface area contributed by atoms with E-state index in [4.69, 9.17) is 4.74 Å². The lowest BCUT2D eigenvalue weighted by atomic mass is 10.0. The summed E-state index contributed by atoms with van der Waals surface area (Å²) in [7, 11) is 0. The normalized spacial score (nSPS) is 12.4. The second kappa shape index (κ2) is 79.0. The third kappa shape index (κ3) is 75.5. The number of carbonyl (C=O) groups is 2. The maximum atomic E-state index is 12.6. The van der Waals surface area contributed by atoms with Crippen LogP contribution >= 0.6 is 0 Å². The second-order valence-corrected chi connectivity index (χ2v) is 28.8. The third-order valence-electron chi connectivity index (χ3n) is 19.8. The summed E-state index contributed by atoms with van der Waals surface area (Å²) in [5.74, 6) is -0.00337. The van der Waals surface area contributed by atoms with Crippen LogP contribution in [0.1, 0.15) is 483 Å². The number of aliphatic hydroxyl groups excluding tert-OH is 2. The number of amides is 1. The van der Waals surface area contributed by atoms with Crippen LogP contribution in [0.5, 0.6) is 0 Å². The molecular weight excluding hydrogens is 1090 g/mol. The highest BCUT2D eigenvalue weighted by atomic mass is 16.5. The van der Waals surface area contributed by atoms with Crippen molar-refractivity contribution in [3.05, 3.63) is 12.2 Å². The van der Waals surface area contributed by atoms with Crippen LogP contribution < -0.4 is 5.32 Å². The standard InChI is InChI=1S/C83H163NO5/c1-3-5-7-9-11-13-15-17-19-21-22-40-44-47-51-55-59-63-67-71-75-81(86)80(79-85)84-82(87)76-72-68-64-60-56-52-48-45-41-38-36-34-32-30-28-26-24-23-25-27-29-31-33-35-37-39-42-46-50-54-58-62-66-70-74-78-89-83(88)77-73-69-65-61-57-53-49-43-20-18-16-14-12-10-8-6-4-2/h18,20,80-81,85-86H,3-17,19,21-79H2,1-2H3,(H,84,87)/b20-18-. The molecule has 0 bridgehead atoms. The second-order valence-electron chi connectivity index (χ2n) is 28.8. The number of esters is 1. The number of hydrogen-bond donors (Lipinski definition) is 3. The highest BCUT2D eigenvalue weighted by Crippen LogP contribution is 2.21. The summed E-state index contributed by atoms with van der Waals surface area (Å²) in [5, 5.41) is 23.5. The molecule has 2 unspecified atom stereocenters. The minimum Gasteiger partial charge on any atom is -0.466 e. The van der Waals surface area contributed by atoms with E-state index < -0.39 is 12.1 Å². The summed E-state index contributed by atoms with van der Waals surface area (Å²) >= 11 is 0. The average molecular weight is 1260 g/mol. The first-order valence-corrected chi connectivity index (χ1v) is 41.4. The lowest BCUT2D eigenvalue weighted by Crippen LogP contribution is -2.45. The van der Waals surface area contributed by atoms with E-state index in [1.54, 1.807) is 0 Å². The van der Waals surface area contributed by atoms with Crippen LogP contribution in [-0.2, 0) is 14.3 Å². The number of rotatable bonds is 79. The van der Waals surface area contributed by atoms with Gasteiger partial charge in [-0.1, -0.05) is 431 Å². The van der Waals surface area contributed by atoms with Gasteiger partial charge >= 0.3 is 5.97 Å². The molecule has 89 heavy (non-hydrogen) atoms. The number of nitrogens with one attached hydrogen (secondary N) is 1. The zero-order valence-corrected chi connectivity index (χ0v) is 61.0. The van der Waals surface area contributed by atoms with Crippen LogP contribution in [0.3, 0.4) is 0 Å². The fourth-order valence-electron chi connectivity index (χ4n) is 13.5. The molecule has 3 N–H and O–H groups in total. The fourth-order valence-corrected chi connectivity index (χ4v) is 13.5. The van der Waals surface area contributed by atoms with Crippen molar-refractivity contribution >= 4 is 11.9 Å². The molecule has 0 rings (SSSR count). The number of aliphatic hydroxyl groups is 2. The topological polar surface area (TPSA) is 95.9 Å².